The van der Waals surface area contributed by atoms with Gasteiger partial charge in [0.2, 0.25) is 0 Å². The van der Waals surface area contributed by atoms with E-state index in [1.165, 1.54) is 12.8 Å². The van der Waals surface area contributed by atoms with Gasteiger partial charge in [-0.05, 0) is 58.9 Å². The lowest BCUT2D eigenvalue weighted by atomic mass is 9.92. The summed E-state index contributed by atoms with van der Waals surface area (Å²) in [5.41, 5.74) is 0.583. The van der Waals surface area contributed by atoms with Gasteiger partial charge in [0.05, 0.1) is 6.54 Å². The van der Waals surface area contributed by atoms with E-state index in [4.69, 9.17) is 4.42 Å². The van der Waals surface area contributed by atoms with Crippen LogP contribution >= 0.6 is 22.6 Å². The Kier molecular flexibility index (Phi) is 3.40. The minimum Gasteiger partial charge on any atom is -0.454 e. The summed E-state index contributed by atoms with van der Waals surface area (Å²) in [5.74, 6) is 1.83. The van der Waals surface area contributed by atoms with Crippen molar-refractivity contribution in [3.05, 3.63) is 21.7 Å². The molecule has 0 aliphatic heterocycles. The molecule has 2 rings (SSSR count). The maximum absolute atomic E-state index is 5.50. The van der Waals surface area contributed by atoms with E-state index in [0.717, 1.165) is 28.5 Å². The van der Waals surface area contributed by atoms with Crippen molar-refractivity contribution in [3.63, 3.8) is 0 Å². The van der Waals surface area contributed by atoms with E-state index < -0.39 is 0 Å². The molecule has 2 nitrogen and oxygen atoms in total. The molecule has 0 atom stereocenters. The molecule has 15 heavy (non-hydrogen) atoms. The highest BCUT2D eigenvalue weighted by molar-refractivity contribution is 14.1. The Morgan fingerprint density at radius 1 is 1.47 bits per heavy atom. The van der Waals surface area contributed by atoms with Crippen LogP contribution in [0.3, 0.4) is 0 Å². The smallest absolute Gasteiger partial charge is 0.164 e. The largest absolute Gasteiger partial charge is 0.454 e. The van der Waals surface area contributed by atoms with Crippen molar-refractivity contribution in [2.45, 2.75) is 33.2 Å². The second-order valence-corrected chi connectivity index (χ2v) is 5.89. The van der Waals surface area contributed by atoms with Crippen LogP contribution in [0.1, 0.15) is 32.4 Å². The highest BCUT2D eigenvalue weighted by Gasteiger charge is 2.44. The van der Waals surface area contributed by atoms with Crippen LogP contribution in [0, 0.1) is 15.1 Å². The number of halogens is 1. The summed E-state index contributed by atoms with van der Waals surface area (Å²) in [5, 5.41) is 3.50. The quantitative estimate of drug-likeness (QED) is 0.842. The molecule has 3 heteroatoms. The third kappa shape index (κ3) is 2.75. The maximum atomic E-state index is 5.50. The predicted octanol–water partition coefficient (Wildman–Crippen LogP) is 3.41. The van der Waals surface area contributed by atoms with Crippen LogP contribution in [-0.4, -0.2) is 6.54 Å². The third-order valence-electron chi connectivity index (χ3n) is 3.52. The SMILES string of the molecule is CC(C)C1(CNCc2ccc(I)o2)CC1. The maximum Gasteiger partial charge on any atom is 0.164 e. The Bertz CT molecular complexity index is 328. The zero-order valence-electron chi connectivity index (χ0n) is 9.35. The minimum atomic E-state index is 0.583. The van der Waals surface area contributed by atoms with Gasteiger partial charge in [0.25, 0.3) is 0 Å². The van der Waals surface area contributed by atoms with E-state index >= 15 is 0 Å². The van der Waals surface area contributed by atoms with Crippen LogP contribution < -0.4 is 5.32 Å². The first-order valence-electron chi connectivity index (χ1n) is 5.57. The fraction of sp³-hybridized carbons (Fsp3) is 0.667. The van der Waals surface area contributed by atoms with Crippen molar-refractivity contribution in [3.8, 4) is 0 Å². The first kappa shape index (κ1) is 11.5. The van der Waals surface area contributed by atoms with Crippen LogP contribution in [0.5, 0.6) is 0 Å². The number of furan rings is 1. The Balaban J connectivity index is 1.76. The Morgan fingerprint density at radius 3 is 2.67 bits per heavy atom. The summed E-state index contributed by atoms with van der Waals surface area (Å²) in [6.07, 6.45) is 2.76. The highest BCUT2D eigenvalue weighted by Crippen LogP contribution is 2.51. The van der Waals surface area contributed by atoms with E-state index in [9.17, 15) is 0 Å². The van der Waals surface area contributed by atoms with E-state index in [1.54, 1.807) is 0 Å². The summed E-state index contributed by atoms with van der Waals surface area (Å²) >= 11 is 2.20. The van der Waals surface area contributed by atoms with Crippen LogP contribution in [0.2, 0.25) is 0 Å². The average molecular weight is 319 g/mol. The monoisotopic (exact) mass is 319 g/mol. The molecule has 1 saturated carbocycles. The average Bonchev–Trinajstić information content (AvgIpc) is 2.86. The topological polar surface area (TPSA) is 25.2 Å². The molecule has 1 aliphatic carbocycles. The van der Waals surface area contributed by atoms with Crippen LogP contribution in [-0.2, 0) is 6.54 Å². The van der Waals surface area contributed by atoms with Gasteiger partial charge in [0, 0.05) is 6.54 Å². The second kappa shape index (κ2) is 4.45. The van der Waals surface area contributed by atoms with Crippen LogP contribution in [0.25, 0.3) is 0 Å². The van der Waals surface area contributed by atoms with E-state index in [0.29, 0.717) is 5.41 Å². The molecule has 1 fully saturated rings. The van der Waals surface area contributed by atoms with Crippen molar-refractivity contribution >= 4 is 22.6 Å². The van der Waals surface area contributed by atoms with E-state index in [-0.39, 0.29) is 0 Å². The Morgan fingerprint density at radius 2 is 2.20 bits per heavy atom. The molecule has 0 radical (unpaired) electrons. The van der Waals surface area contributed by atoms with Gasteiger partial charge < -0.3 is 9.73 Å². The van der Waals surface area contributed by atoms with Gasteiger partial charge in [-0.25, -0.2) is 0 Å². The number of hydrogen-bond donors (Lipinski definition) is 1. The lowest BCUT2D eigenvalue weighted by Gasteiger charge is -2.19. The fourth-order valence-corrected chi connectivity index (χ4v) is 2.46. The first-order valence-corrected chi connectivity index (χ1v) is 6.65. The van der Waals surface area contributed by atoms with Crippen molar-refractivity contribution in [2.24, 2.45) is 11.3 Å². The van der Waals surface area contributed by atoms with Crippen molar-refractivity contribution in [1.82, 2.24) is 5.32 Å². The summed E-state index contributed by atoms with van der Waals surface area (Å²) in [6.45, 7) is 6.63. The van der Waals surface area contributed by atoms with Gasteiger partial charge in [-0.3, -0.25) is 0 Å². The Hall–Kier alpha value is -0.0300. The molecular formula is C12H18INO. The normalized spacial score (nSPS) is 18.4. The summed E-state index contributed by atoms with van der Waals surface area (Å²) in [4.78, 5) is 0. The minimum absolute atomic E-state index is 0.583. The molecule has 0 saturated heterocycles. The van der Waals surface area contributed by atoms with Crippen LogP contribution in [0.15, 0.2) is 16.5 Å². The zero-order valence-corrected chi connectivity index (χ0v) is 11.5. The Labute approximate surface area is 105 Å². The lowest BCUT2D eigenvalue weighted by Crippen LogP contribution is -2.27. The van der Waals surface area contributed by atoms with Crippen molar-refractivity contribution < 1.29 is 4.42 Å². The van der Waals surface area contributed by atoms with Gasteiger partial charge in [0.1, 0.15) is 5.76 Å². The van der Waals surface area contributed by atoms with Gasteiger partial charge >= 0.3 is 0 Å². The molecule has 0 aromatic carbocycles. The van der Waals surface area contributed by atoms with Gasteiger partial charge in [-0.2, -0.15) is 0 Å². The molecule has 1 heterocycles. The molecule has 0 bridgehead atoms. The molecule has 0 amide bonds. The molecule has 1 aromatic heterocycles. The molecule has 1 aromatic rings. The van der Waals surface area contributed by atoms with E-state index in [1.807, 2.05) is 12.1 Å². The molecule has 84 valence electrons. The lowest BCUT2D eigenvalue weighted by molar-refractivity contribution is 0.330. The van der Waals surface area contributed by atoms with Crippen molar-refractivity contribution in [1.29, 1.82) is 0 Å². The standard InChI is InChI=1S/C12H18INO/c1-9(2)12(5-6-12)8-14-7-10-3-4-11(13)15-10/h3-4,9,14H,5-8H2,1-2H3. The zero-order chi connectivity index (χ0) is 10.9. The number of hydrogen-bond acceptors (Lipinski definition) is 2. The van der Waals surface area contributed by atoms with Crippen LogP contribution in [0.4, 0.5) is 0 Å². The molecule has 1 aliphatic rings. The third-order valence-corrected chi connectivity index (χ3v) is 4.10. The first-order chi connectivity index (χ1) is 7.12. The molecular weight excluding hydrogens is 301 g/mol. The molecule has 0 unspecified atom stereocenters. The summed E-state index contributed by atoms with van der Waals surface area (Å²) in [6, 6.07) is 4.05. The second-order valence-electron chi connectivity index (χ2n) is 4.83. The van der Waals surface area contributed by atoms with Gasteiger partial charge in [0.15, 0.2) is 3.77 Å². The van der Waals surface area contributed by atoms with Gasteiger partial charge in [-0.1, -0.05) is 13.8 Å². The van der Waals surface area contributed by atoms with Crippen molar-refractivity contribution in [2.75, 3.05) is 6.54 Å². The number of nitrogens with one attached hydrogen (secondary N) is 1. The molecule has 1 N–H and O–H groups in total. The number of rotatable bonds is 5. The van der Waals surface area contributed by atoms with E-state index in [2.05, 4.69) is 41.8 Å². The van der Waals surface area contributed by atoms with Gasteiger partial charge in [-0.15, -0.1) is 0 Å². The highest BCUT2D eigenvalue weighted by atomic mass is 127. The fourth-order valence-electron chi connectivity index (χ4n) is 2.00. The summed E-state index contributed by atoms with van der Waals surface area (Å²) in [7, 11) is 0. The summed E-state index contributed by atoms with van der Waals surface area (Å²) < 4.78 is 6.47. The molecule has 0 spiro atoms. The predicted molar refractivity (Wildman–Crippen MR) is 69.6 cm³/mol.